The minimum absolute atomic E-state index is 0.537. The Labute approximate surface area is 188 Å². The van der Waals surface area contributed by atoms with Crippen LogP contribution in [0, 0.1) is 6.92 Å². The highest BCUT2D eigenvalue weighted by molar-refractivity contribution is 9.10. The summed E-state index contributed by atoms with van der Waals surface area (Å²) in [4.78, 5) is 5.81. The predicted octanol–water partition coefficient (Wildman–Crippen LogP) is 6.91. The highest BCUT2D eigenvalue weighted by Gasteiger charge is 2.08. The Morgan fingerprint density at radius 1 is 1.00 bits per heavy atom. The lowest BCUT2D eigenvalue weighted by atomic mass is 10.1. The summed E-state index contributed by atoms with van der Waals surface area (Å²) in [5, 5.41) is 5.09. The number of anilines is 1. The van der Waals surface area contributed by atoms with E-state index in [0.29, 0.717) is 6.61 Å². The van der Waals surface area contributed by atoms with E-state index in [1.165, 1.54) is 0 Å². The molecule has 4 nitrogen and oxygen atoms in total. The lowest BCUT2D eigenvalue weighted by Crippen LogP contribution is -1.95. The molecule has 0 unspecified atom stereocenters. The van der Waals surface area contributed by atoms with Crippen LogP contribution in [-0.4, -0.2) is 11.2 Å². The summed E-state index contributed by atoms with van der Waals surface area (Å²) in [5.41, 5.74) is 7.24. The van der Waals surface area contributed by atoms with Crippen LogP contribution in [0.3, 0.4) is 0 Å². The van der Waals surface area contributed by atoms with Gasteiger partial charge in [-0.3, -0.25) is 5.43 Å². The van der Waals surface area contributed by atoms with Crippen LogP contribution in [0.15, 0.2) is 88.4 Å². The fourth-order valence-corrected chi connectivity index (χ4v) is 3.92. The van der Waals surface area contributed by atoms with E-state index in [4.69, 9.17) is 4.74 Å². The van der Waals surface area contributed by atoms with Crippen molar-refractivity contribution in [2.24, 2.45) is 5.10 Å². The molecule has 4 aromatic rings. The molecular weight excluding hydrogens is 458 g/mol. The number of thiazole rings is 1. The normalized spacial score (nSPS) is 11.0. The third-order valence-electron chi connectivity index (χ3n) is 4.42. The Morgan fingerprint density at radius 2 is 1.73 bits per heavy atom. The summed E-state index contributed by atoms with van der Waals surface area (Å²) in [7, 11) is 0. The number of halogens is 1. The molecule has 0 atom stereocenters. The van der Waals surface area contributed by atoms with Crippen molar-refractivity contribution in [2.45, 2.75) is 13.5 Å². The standard InChI is InChI=1S/C24H20BrN3OS/c1-17-23(20-5-3-2-4-6-20)27-24(30-17)28-26-15-18-9-13-22(14-10-18)29-16-19-7-11-21(25)12-8-19/h2-15H,16H2,1H3,(H,27,28). The molecule has 3 aromatic carbocycles. The average Bonchev–Trinajstić information content (AvgIpc) is 3.15. The second kappa shape index (κ2) is 9.69. The summed E-state index contributed by atoms with van der Waals surface area (Å²) < 4.78 is 6.90. The monoisotopic (exact) mass is 477 g/mol. The lowest BCUT2D eigenvalue weighted by Gasteiger charge is -2.06. The van der Waals surface area contributed by atoms with Gasteiger partial charge < -0.3 is 4.74 Å². The van der Waals surface area contributed by atoms with E-state index in [0.717, 1.165) is 42.6 Å². The van der Waals surface area contributed by atoms with Gasteiger partial charge in [-0.2, -0.15) is 5.10 Å². The third kappa shape index (κ3) is 5.34. The van der Waals surface area contributed by atoms with Gasteiger partial charge in [-0.15, -0.1) is 11.3 Å². The van der Waals surface area contributed by atoms with Crippen molar-refractivity contribution in [1.29, 1.82) is 0 Å². The highest BCUT2D eigenvalue weighted by Crippen LogP contribution is 2.30. The van der Waals surface area contributed by atoms with Gasteiger partial charge in [0.25, 0.3) is 0 Å². The number of rotatable bonds is 7. The lowest BCUT2D eigenvalue weighted by molar-refractivity contribution is 0.306. The number of hydrogen-bond donors (Lipinski definition) is 1. The van der Waals surface area contributed by atoms with Gasteiger partial charge in [0.2, 0.25) is 5.13 Å². The van der Waals surface area contributed by atoms with Crippen molar-refractivity contribution in [1.82, 2.24) is 4.98 Å². The molecule has 1 heterocycles. The zero-order chi connectivity index (χ0) is 20.8. The number of nitrogens with one attached hydrogen (secondary N) is 1. The van der Waals surface area contributed by atoms with E-state index in [2.05, 4.69) is 50.5 Å². The van der Waals surface area contributed by atoms with Crippen molar-refractivity contribution < 1.29 is 4.74 Å². The number of hydrazone groups is 1. The largest absolute Gasteiger partial charge is 0.489 e. The number of aryl methyl sites for hydroxylation is 1. The van der Waals surface area contributed by atoms with Crippen molar-refractivity contribution in [3.8, 4) is 17.0 Å². The van der Waals surface area contributed by atoms with Crippen LogP contribution < -0.4 is 10.2 Å². The molecule has 0 radical (unpaired) electrons. The maximum Gasteiger partial charge on any atom is 0.204 e. The maximum atomic E-state index is 5.83. The van der Waals surface area contributed by atoms with E-state index in [1.54, 1.807) is 17.6 Å². The Balaban J connectivity index is 1.33. The smallest absolute Gasteiger partial charge is 0.204 e. The molecule has 150 valence electrons. The average molecular weight is 478 g/mol. The maximum absolute atomic E-state index is 5.83. The van der Waals surface area contributed by atoms with Crippen molar-refractivity contribution in [3.63, 3.8) is 0 Å². The van der Waals surface area contributed by atoms with Crippen LogP contribution in [0.5, 0.6) is 5.75 Å². The Kier molecular flexibility index (Phi) is 6.57. The number of hydrogen-bond acceptors (Lipinski definition) is 5. The topological polar surface area (TPSA) is 46.5 Å². The van der Waals surface area contributed by atoms with Crippen LogP contribution in [-0.2, 0) is 6.61 Å². The van der Waals surface area contributed by atoms with Crippen molar-refractivity contribution in [3.05, 3.63) is 99.3 Å². The summed E-state index contributed by atoms with van der Waals surface area (Å²) in [6, 6.07) is 26.1. The van der Waals surface area contributed by atoms with Crippen molar-refractivity contribution in [2.75, 3.05) is 5.43 Å². The first-order chi connectivity index (χ1) is 14.7. The van der Waals surface area contributed by atoms with Gasteiger partial charge >= 0.3 is 0 Å². The zero-order valence-corrected chi connectivity index (χ0v) is 18.8. The van der Waals surface area contributed by atoms with Gasteiger partial charge in [-0.05, 0) is 54.4 Å². The number of ether oxygens (including phenoxy) is 1. The first-order valence-electron chi connectivity index (χ1n) is 9.46. The van der Waals surface area contributed by atoms with Crippen molar-refractivity contribution >= 4 is 38.6 Å². The molecular formula is C24H20BrN3OS. The van der Waals surface area contributed by atoms with Gasteiger partial charge in [0.1, 0.15) is 12.4 Å². The van der Waals surface area contributed by atoms with Gasteiger partial charge in [0.15, 0.2) is 0 Å². The molecule has 0 saturated carbocycles. The molecule has 0 amide bonds. The number of nitrogens with zero attached hydrogens (tertiary/aromatic N) is 2. The molecule has 0 aliphatic rings. The molecule has 0 aliphatic carbocycles. The fraction of sp³-hybridized carbons (Fsp3) is 0.0833. The minimum atomic E-state index is 0.537. The van der Waals surface area contributed by atoms with Crippen LogP contribution in [0.1, 0.15) is 16.0 Å². The second-order valence-electron chi connectivity index (χ2n) is 6.64. The predicted molar refractivity (Wildman–Crippen MR) is 128 cm³/mol. The first kappa shape index (κ1) is 20.3. The first-order valence-corrected chi connectivity index (χ1v) is 11.1. The molecule has 1 aromatic heterocycles. The van der Waals surface area contributed by atoms with Gasteiger partial charge in [0.05, 0.1) is 11.9 Å². The Morgan fingerprint density at radius 3 is 2.47 bits per heavy atom. The molecule has 1 N–H and O–H groups in total. The van der Waals surface area contributed by atoms with E-state index >= 15 is 0 Å². The molecule has 6 heteroatoms. The van der Waals surface area contributed by atoms with Crippen LogP contribution in [0.25, 0.3) is 11.3 Å². The number of benzene rings is 3. The highest BCUT2D eigenvalue weighted by atomic mass is 79.9. The van der Waals surface area contributed by atoms with Gasteiger partial charge in [-0.25, -0.2) is 4.98 Å². The summed E-state index contributed by atoms with van der Waals surface area (Å²) in [6.07, 6.45) is 1.78. The SMILES string of the molecule is Cc1sc(NN=Cc2ccc(OCc3ccc(Br)cc3)cc2)nc1-c1ccccc1. The van der Waals surface area contributed by atoms with E-state index < -0.39 is 0 Å². The molecule has 4 rings (SSSR count). The number of aromatic nitrogens is 1. The van der Waals surface area contributed by atoms with E-state index in [9.17, 15) is 0 Å². The quantitative estimate of drug-likeness (QED) is 0.232. The minimum Gasteiger partial charge on any atom is -0.489 e. The Bertz CT molecular complexity index is 1120. The fourth-order valence-electron chi connectivity index (χ4n) is 2.87. The third-order valence-corrected chi connectivity index (χ3v) is 5.82. The molecule has 30 heavy (non-hydrogen) atoms. The molecule has 0 fully saturated rings. The molecule has 0 saturated heterocycles. The summed E-state index contributed by atoms with van der Waals surface area (Å²) >= 11 is 5.03. The van der Waals surface area contributed by atoms with E-state index in [-0.39, 0.29) is 0 Å². The van der Waals surface area contributed by atoms with Gasteiger partial charge in [-0.1, -0.05) is 58.4 Å². The van der Waals surface area contributed by atoms with Crippen LogP contribution in [0.4, 0.5) is 5.13 Å². The molecule has 0 spiro atoms. The van der Waals surface area contributed by atoms with Crippen LogP contribution >= 0.6 is 27.3 Å². The van der Waals surface area contributed by atoms with Gasteiger partial charge in [0, 0.05) is 14.9 Å². The van der Waals surface area contributed by atoms with Crippen LogP contribution in [0.2, 0.25) is 0 Å². The second-order valence-corrected chi connectivity index (χ2v) is 8.76. The Hall–Kier alpha value is -2.96. The van der Waals surface area contributed by atoms with E-state index in [1.807, 2.05) is 66.7 Å². The summed E-state index contributed by atoms with van der Waals surface area (Å²) in [6.45, 7) is 2.61. The molecule has 0 aliphatic heterocycles. The molecule has 0 bridgehead atoms. The summed E-state index contributed by atoms with van der Waals surface area (Å²) in [5.74, 6) is 0.825. The zero-order valence-electron chi connectivity index (χ0n) is 16.4.